The van der Waals surface area contributed by atoms with Crippen LogP contribution < -0.4 is 10.6 Å². The maximum atomic E-state index is 12.0. The van der Waals surface area contributed by atoms with Crippen LogP contribution in [0.2, 0.25) is 0 Å². The first-order valence-corrected chi connectivity index (χ1v) is 6.90. The third kappa shape index (κ3) is 3.51. The molecular formula is C13H14BrN5O. The summed E-state index contributed by atoms with van der Waals surface area (Å²) in [5.41, 5.74) is 1.11. The monoisotopic (exact) mass is 335 g/mol. The summed E-state index contributed by atoms with van der Waals surface area (Å²) < 4.78 is 0.864. The van der Waals surface area contributed by atoms with Crippen molar-refractivity contribution < 1.29 is 4.79 Å². The van der Waals surface area contributed by atoms with Crippen LogP contribution in [0, 0.1) is 6.92 Å². The lowest BCUT2D eigenvalue weighted by atomic mass is 10.3. The molecule has 0 aliphatic rings. The van der Waals surface area contributed by atoms with Crippen LogP contribution in [0.4, 0.5) is 11.6 Å². The van der Waals surface area contributed by atoms with Crippen LogP contribution in [0.25, 0.3) is 0 Å². The summed E-state index contributed by atoms with van der Waals surface area (Å²) >= 11 is 3.33. The summed E-state index contributed by atoms with van der Waals surface area (Å²) in [5.74, 6) is 0.816. The third-order valence-electron chi connectivity index (χ3n) is 2.53. The molecule has 0 aliphatic carbocycles. The Morgan fingerprint density at radius 3 is 2.75 bits per heavy atom. The molecule has 0 unspecified atom stereocenters. The van der Waals surface area contributed by atoms with E-state index in [1.54, 1.807) is 18.3 Å². The largest absolute Gasteiger partial charge is 0.369 e. The molecular weight excluding hydrogens is 322 g/mol. The van der Waals surface area contributed by atoms with E-state index >= 15 is 0 Å². The first kappa shape index (κ1) is 14.4. The second-order valence-corrected chi connectivity index (χ2v) is 5.02. The second-order valence-electron chi connectivity index (χ2n) is 4.11. The number of pyridine rings is 1. The van der Waals surface area contributed by atoms with Crippen molar-refractivity contribution in [3.8, 4) is 0 Å². The highest BCUT2D eigenvalue weighted by Crippen LogP contribution is 2.17. The third-order valence-corrected chi connectivity index (χ3v) is 2.97. The quantitative estimate of drug-likeness (QED) is 0.897. The number of nitrogens with one attached hydrogen (secondary N) is 2. The molecule has 0 saturated carbocycles. The van der Waals surface area contributed by atoms with Crippen LogP contribution in [0.5, 0.6) is 0 Å². The van der Waals surface area contributed by atoms with Crippen molar-refractivity contribution in [2.75, 3.05) is 17.2 Å². The van der Waals surface area contributed by atoms with Gasteiger partial charge in [0.1, 0.15) is 11.6 Å². The predicted molar refractivity (Wildman–Crippen MR) is 80.8 cm³/mol. The molecule has 0 bridgehead atoms. The number of amides is 1. The number of halogens is 1. The Kier molecular flexibility index (Phi) is 4.62. The normalized spacial score (nSPS) is 10.2. The standard InChI is InChI=1S/C13H14BrN5O/c1-3-15-11-5-4-10(18-19-11)13(20)17-12-8(2)6-9(14)7-16-12/h4-7H,3H2,1-2H3,(H,15,19)(H,16,17,20). The number of anilines is 2. The molecule has 0 aliphatic heterocycles. The number of hydrogen-bond donors (Lipinski definition) is 2. The van der Waals surface area contributed by atoms with Gasteiger partial charge >= 0.3 is 0 Å². The molecule has 2 heterocycles. The van der Waals surface area contributed by atoms with Gasteiger partial charge in [-0.3, -0.25) is 4.79 Å². The molecule has 1 amide bonds. The van der Waals surface area contributed by atoms with E-state index in [1.165, 1.54) is 0 Å². The van der Waals surface area contributed by atoms with Crippen LogP contribution >= 0.6 is 15.9 Å². The number of aromatic nitrogens is 3. The second kappa shape index (κ2) is 6.42. The predicted octanol–water partition coefficient (Wildman–Crippen LogP) is 2.63. The maximum Gasteiger partial charge on any atom is 0.277 e. The van der Waals surface area contributed by atoms with Crippen LogP contribution in [0.15, 0.2) is 28.9 Å². The molecule has 0 spiro atoms. The maximum absolute atomic E-state index is 12.0. The zero-order chi connectivity index (χ0) is 14.5. The minimum Gasteiger partial charge on any atom is -0.369 e. The van der Waals surface area contributed by atoms with Crippen LogP contribution in [0.1, 0.15) is 23.0 Å². The average Bonchev–Trinajstić information content (AvgIpc) is 2.43. The number of carbonyl (C=O) groups is 1. The summed E-state index contributed by atoms with van der Waals surface area (Å²) in [6.07, 6.45) is 1.63. The van der Waals surface area contributed by atoms with Gasteiger partial charge < -0.3 is 10.6 Å². The van der Waals surface area contributed by atoms with Crippen LogP contribution in [-0.2, 0) is 0 Å². The highest BCUT2D eigenvalue weighted by Gasteiger charge is 2.11. The first-order chi connectivity index (χ1) is 9.60. The van der Waals surface area contributed by atoms with Crippen molar-refractivity contribution in [2.24, 2.45) is 0 Å². The van der Waals surface area contributed by atoms with E-state index in [1.807, 2.05) is 19.9 Å². The summed E-state index contributed by atoms with van der Waals surface area (Å²) in [4.78, 5) is 16.2. The summed E-state index contributed by atoms with van der Waals surface area (Å²) in [5, 5.41) is 13.5. The summed E-state index contributed by atoms with van der Waals surface area (Å²) in [7, 11) is 0. The van der Waals surface area contributed by atoms with E-state index in [2.05, 4.69) is 41.7 Å². The molecule has 2 aromatic rings. The van der Waals surface area contributed by atoms with E-state index in [0.29, 0.717) is 11.6 Å². The number of hydrogen-bond acceptors (Lipinski definition) is 5. The molecule has 2 rings (SSSR count). The van der Waals surface area contributed by atoms with Gasteiger partial charge in [-0.15, -0.1) is 10.2 Å². The Labute approximate surface area is 125 Å². The molecule has 0 aromatic carbocycles. The van der Waals surface area contributed by atoms with E-state index in [0.717, 1.165) is 16.6 Å². The Balaban J connectivity index is 2.11. The zero-order valence-electron chi connectivity index (χ0n) is 11.1. The van der Waals surface area contributed by atoms with Gasteiger partial charge in [-0.2, -0.15) is 0 Å². The molecule has 0 fully saturated rings. The lowest BCUT2D eigenvalue weighted by molar-refractivity contribution is 0.102. The Morgan fingerprint density at radius 2 is 2.15 bits per heavy atom. The molecule has 0 atom stereocenters. The van der Waals surface area contributed by atoms with Crippen molar-refractivity contribution in [3.05, 3.63) is 40.1 Å². The van der Waals surface area contributed by atoms with E-state index in [9.17, 15) is 4.79 Å². The highest BCUT2D eigenvalue weighted by atomic mass is 79.9. The van der Waals surface area contributed by atoms with Gasteiger partial charge in [0.05, 0.1) is 0 Å². The van der Waals surface area contributed by atoms with E-state index in [4.69, 9.17) is 0 Å². The number of rotatable bonds is 4. The Hall–Kier alpha value is -2.02. The molecule has 7 heteroatoms. The smallest absolute Gasteiger partial charge is 0.277 e. The molecule has 2 aromatic heterocycles. The van der Waals surface area contributed by atoms with Crippen LogP contribution in [-0.4, -0.2) is 27.6 Å². The number of nitrogens with zero attached hydrogens (tertiary/aromatic N) is 3. The SMILES string of the molecule is CCNc1ccc(C(=O)Nc2ncc(Br)cc2C)nn1. The Bertz CT molecular complexity index is 615. The molecule has 0 radical (unpaired) electrons. The van der Waals surface area contributed by atoms with Gasteiger partial charge in [0.15, 0.2) is 5.69 Å². The minimum atomic E-state index is -0.335. The van der Waals surface area contributed by atoms with Crippen molar-refractivity contribution >= 4 is 33.5 Å². The van der Waals surface area contributed by atoms with Gasteiger partial charge in [-0.05, 0) is 53.5 Å². The van der Waals surface area contributed by atoms with Gasteiger partial charge in [-0.1, -0.05) is 0 Å². The molecule has 104 valence electrons. The average molecular weight is 336 g/mol. The molecule has 20 heavy (non-hydrogen) atoms. The number of carbonyl (C=O) groups excluding carboxylic acids is 1. The minimum absolute atomic E-state index is 0.246. The lowest BCUT2D eigenvalue weighted by Crippen LogP contribution is -2.16. The van der Waals surface area contributed by atoms with Crippen molar-refractivity contribution in [2.45, 2.75) is 13.8 Å². The van der Waals surface area contributed by atoms with E-state index in [-0.39, 0.29) is 11.6 Å². The van der Waals surface area contributed by atoms with Gasteiger partial charge in [0.25, 0.3) is 5.91 Å². The number of aryl methyl sites for hydroxylation is 1. The summed E-state index contributed by atoms with van der Waals surface area (Å²) in [6.45, 7) is 4.58. The molecule has 6 nitrogen and oxygen atoms in total. The summed E-state index contributed by atoms with van der Waals surface area (Å²) in [6, 6.07) is 5.21. The van der Waals surface area contributed by atoms with Crippen molar-refractivity contribution in [1.29, 1.82) is 0 Å². The fourth-order valence-electron chi connectivity index (χ4n) is 1.57. The molecule has 2 N–H and O–H groups in total. The van der Waals surface area contributed by atoms with Crippen molar-refractivity contribution in [3.63, 3.8) is 0 Å². The van der Waals surface area contributed by atoms with Crippen LogP contribution in [0.3, 0.4) is 0 Å². The fourth-order valence-corrected chi connectivity index (χ4v) is 2.02. The lowest BCUT2D eigenvalue weighted by Gasteiger charge is -2.07. The topological polar surface area (TPSA) is 79.8 Å². The van der Waals surface area contributed by atoms with E-state index < -0.39 is 0 Å². The highest BCUT2D eigenvalue weighted by molar-refractivity contribution is 9.10. The van der Waals surface area contributed by atoms with Gasteiger partial charge in [-0.25, -0.2) is 4.98 Å². The fraction of sp³-hybridized carbons (Fsp3) is 0.231. The zero-order valence-corrected chi connectivity index (χ0v) is 12.7. The first-order valence-electron chi connectivity index (χ1n) is 6.11. The van der Waals surface area contributed by atoms with Gasteiger partial charge in [0.2, 0.25) is 0 Å². The molecule has 0 saturated heterocycles. The van der Waals surface area contributed by atoms with Gasteiger partial charge in [0, 0.05) is 17.2 Å². The Morgan fingerprint density at radius 1 is 1.35 bits per heavy atom. The van der Waals surface area contributed by atoms with Crippen molar-refractivity contribution in [1.82, 2.24) is 15.2 Å².